The van der Waals surface area contributed by atoms with Gasteiger partial charge in [0.2, 0.25) is 0 Å². The number of aryl methyl sites for hydroxylation is 1. The minimum Gasteiger partial charge on any atom is -0.494 e. The van der Waals surface area contributed by atoms with Crippen molar-refractivity contribution in [3.05, 3.63) is 69.7 Å². The van der Waals surface area contributed by atoms with Gasteiger partial charge in [0.15, 0.2) is 0 Å². The predicted molar refractivity (Wildman–Crippen MR) is 138 cm³/mol. The van der Waals surface area contributed by atoms with Crippen molar-refractivity contribution in [3.8, 4) is 11.4 Å². The lowest BCUT2D eigenvalue weighted by atomic mass is 10.1. The summed E-state index contributed by atoms with van der Waals surface area (Å²) in [5.74, 6) is -0.121. The van der Waals surface area contributed by atoms with Crippen molar-refractivity contribution < 1.29 is 9.53 Å². The summed E-state index contributed by atoms with van der Waals surface area (Å²) in [6.45, 7) is 8.06. The van der Waals surface area contributed by atoms with Crippen LogP contribution in [0.5, 0.6) is 5.75 Å². The van der Waals surface area contributed by atoms with Crippen LogP contribution in [0.4, 0.5) is 11.4 Å². The standard InChI is InChI=1S/C25H25Cl2N5O2/c1-5-31(6-2)17-7-9-18(10-8-17)32-29-22-11-15(3)21(14-23(22)30-32)28-25(33)19-12-16(26)13-20(27)24(19)34-4/h7-14H,5-6H2,1-4H3,(H,28,33). The Morgan fingerprint density at radius 3 is 2.29 bits per heavy atom. The van der Waals surface area contributed by atoms with Crippen LogP contribution in [-0.4, -0.2) is 41.1 Å². The van der Waals surface area contributed by atoms with Gasteiger partial charge in [0.25, 0.3) is 5.91 Å². The first-order valence-corrected chi connectivity index (χ1v) is 11.7. The molecule has 0 atom stereocenters. The molecule has 34 heavy (non-hydrogen) atoms. The molecule has 1 N–H and O–H groups in total. The van der Waals surface area contributed by atoms with Crippen molar-refractivity contribution in [2.75, 3.05) is 30.4 Å². The van der Waals surface area contributed by atoms with Crippen LogP contribution in [0.3, 0.4) is 0 Å². The number of anilines is 2. The molecule has 4 aromatic rings. The van der Waals surface area contributed by atoms with Crippen molar-refractivity contribution in [1.82, 2.24) is 15.0 Å². The van der Waals surface area contributed by atoms with Crippen molar-refractivity contribution in [3.63, 3.8) is 0 Å². The van der Waals surface area contributed by atoms with Gasteiger partial charge in [-0.25, -0.2) is 0 Å². The number of aromatic nitrogens is 3. The Kier molecular flexibility index (Phi) is 6.95. The molecule has 0 saturated carbocycles. The molecular formula is C25H25Cl2N5O2. The summed E-state index contributed by atoms with van der Waals surface area (Å²) in [7, 11) is 1.45. The molecule has 7 nitrogen and oxygen atoms in total. The van der Waals surface area contributed by atoms with Crippen molar-refractivity contribution in [1.29, 1.82) is 0 Å². The summed E-state index contributed by atoms with van der Waals surface area (Å²) in [5, 5.41) is 12.7. The number of carbonyl (C=O) groups is 1. The minimum atomic E-state index is -0.386. The summed E-state index contributed by atoms with van der Waals surface area (Å²) in [6.07, 6.45) is 0. The summed E-state index contributed by atoms with van der Waals surface area (Å²) in [6, 6.07) is 14.9. The third-order valence-corrected chi connectivity index (χ3v) is 6.14. The highest BCUT2D eigenvalue weighted by Gasteiger charge is 2.18. The Labute approximate surface area is 208 Å². The molecule has 0 radical (unpaired) electrons. The molecule has 0 spiro atoms. The lowest BCUT2D eigenvalue weighted by molar-refractivity contribution is 0.102. The molecule has 1 heterocycles. The molecule has 0 saturated heterocycles. The van der Waals surface area contributed by atoms with Crippen LogP contribution in [0.15, 0.2) is 48.5 Å². The number of ether oxygens (including phenoxy) is 1. The van der Waals surface area contributed by atoms with Crippen LogP contribution >= 0.6 is 23.2 Å². The Morgan fingerprint density at radius 2 is 1.68 bits per heavy atom. The molecule has 0 aliphatic carbocycles. The van der Waals surface area contributed by atoms with Gasteiger partial charge in [-0.1, -0.05) is 23.2 Å². The number of methoxy groups -OCH3 is 1. The number of carbonyl (C=O) groups excluding carboxylic acids is 1. The van der Waals surface area contributed by atoms with E-state index in [1.54, 1.807) is 10.9 Å². The largest absolute Gasteiger partial charge is 0.494 e. The molecule has 0 unspecified atom stereocenters. The van der Waals surface area contributed by atoms with Gasteiger partial charge in [-0.05, 0) is 74.9 Å². The van der Waals surface area contributed by atoms with E-state index in [9.17, 15) is 4.79 Å². The number of halogens is 2. The van der Waals surface area contributed by atoms with Crippen molar-refractivity contribution in [2.24, 2.45) is 0 Å². The summed E-state index contributed by atoms with van der Waals surface area (Å²) in [5.41, 5.74) is 5.10. The van der Waals surface area contributed by atoms with Crippen LogP contribution in [0.2, 0.25) is 10.0 Å². The SMILES string of the molecule is CCN(CC)c1ccc(-n2nc3cc(C)c(NC(=O)c4cc(Cl)cc(Cl)c4OC)cc3n2)cc1. The fraction of sp³-hybridized carbons (Fsp3) is 0.240. The van der Waals surface area contributed by atoms with E-state index >= 15 is 0 Å². The van der Waals surface area contributed by atoms with E-state index in [1.807, 2.05) is 25.1 Å². The highest BCUT2D eigenvalue weighted by molar-refractivity contribution is 6.36. The molecule has 1 aromatic heterocycles. The molecule has 0 aliphatic rings. The van der Waals surface area contributed by atoms with E-state index in [2.05, 4.69) is 46.4 Å². The molecule has 3 aromatic carbocycles. The number of nitrogens with one attached hydrogen (secondary N) is 1. The van der Waals surface area contributed by atoms with Gasteiger partial charge in [-0.2, -0.15) is 4.80 Å². The first-order chi connectivity index (χ1) is 16.3. The van der Waals surface area contributed by atoms with E-state index in [4.69, 9.17) is 27.9 Å². The fourth-order valence-corrected chi connectivity index (χ4v) is 4.40. The molecule has 9 heteroatoms. The van der Waals surface area contributed by atoms with Gasteiger partial charge in [-0.15, -0.1) is 10.2 Å². The number of benzene rings is 3. The lowest BCUT2D eigenvalue weighted by Crippen LogP contribution is -2.21. The normalized spacial score (nSPS) is 11.0. The zero-order chi connectivity index (χ0) is 24.4. The van der Waals surface area contributed by atoms with E-state index in [-0.39, 0.29) is 22.2 Å². The molecule has 0 bridgehead atoms. The third-order valence-electron chi connectivity index (χ3n) is 5.64. The number of nitrogens with zero attached hydrogens (tertiary/aromatic N) is 4. The maximum absolute atomic E-state index is 13.0. The Hall–Kier alpha value is -3.29. The quantitative estimate of drug-likeness (QED) is 0.331. The van der Waals surface area contributed by atoms with Crippen LogP contribution in [0.25, 0.3) is 16.7 Å². The second-order valence-corrected chi connectivity index (χ2v) is 8.60. The maximum Gasteiger partial charge on any atom is 0.259 e. The van der Waals surface area contributed by atoms with Gasteiger partial charge in [0.05, 0.1) is 23.4 Å². The Bertz CT molecular complexity index is 1350. The van der Waals surface area contributed by atoms with E-state index in [1.165, 1.54) is 19.2 Å². The number of rotatable bonds is 7. The molecule has 176 valence electrons. The highest BCUT2D eigenvalue weighted by atomic mass is 35.5. The number of fused-ring (bicyclic) bond motifs is 1. The predicted octanol–water partition coefficient (Wildman–Crippen LogP) is 6.14. The summed E-state index contributed by atoms with van der Waals surface area (Å²) < 4.78 is 5.30. The molecular weight excluding hydrogens is 473 g/mol. The number of amides is 1. The maximum atomic E-state index is 13.0. The molecule has 4 rings (SSSR count). The van der Waals surface area contributed by atoms with Crippen LogP contribution in [0.1, 0.15) is 29.8 Å². The van der Waals surface area contributed by atoms with Crippen LogP contribution < -0.4 is 15.0 Å². The molecule has 1 amide bonds. The minimum absolute atomic E-state index is 0.247. The highest BCUT2D eigenvalue weighted by Crippen LogP contribution is 2.33. The van der Waals surface area contributed by atoms with Crippen LogP contribution in [0, 0.1) is 6.92 Å². The average Bonchev–Trinajstić information content (AvgIpc) is 3.22. The smallest absolute Gasteiger partial charge is 0.259 e. The lowest BCUT2D eigenvalue weighted by Gasteiger charge is -2.20. The van der Waals surface area contributed by atoms with Gasteiger partial charge >= 0.3 is 0 Å². The van der Waals surface area contributed by atoms with Gasteiger partial charge < -0.3 is 15.0 Å². The topological polar surface area (TPSA) is 72.3 Å². The number of hydrogen-bond acceptors (Lipinski definition) is 5. The van der Waals surface area contributed by atoms with Gasteiger partial charge in [0.1, 0.15) is 16.8 Å². The molecule has 0 aliphatic heterocycles. The van der Waals surface area contributed by atoms with E-state index < -0.39 is 0 Å². The Morgan fingerprint density at radius 1 is 1.03 bits per heavy atom. The monoisotopic (exact) mass is 497 g/mol. The average molecular weight is 498 g/mol. The molecule has 0 fully saturated rings. The Balaban J connectivity index is 1.63. The second-order valence-electron chi connectivity index (χ2n) is 7.76. The van der Waals surface area contributed by atoms with Gasteiger partial charge in [-0.3, -0.25) is 4.79 Å². The van der Waals surface area contributed by atoms with Crippen molar-refractivity contribution in [2.45, 2.75) is 20.8 Å². The van der Waals surface area contributed by atoms with Crippen LogP contribution in [-0.2, 0) is 0 Å². The first-order valence-electron chi connectivity index (χ1n) is 10.9. The summed E-state index contributed by atoms with van der Waals surface area (Å²) in [4.78, 5) is 16.9. The van der Waals surface area contributed by atoms with E-state index in [0.717, 1.165) is 35.5 Å². The fourth-order valence-electron chi connectivity index (χ4n) is 3.83. The van der Waals surface area contributed by atoms with Gasteiger partial charge in [0, 0.05) is 29.5 Å². The third kappa shape index (κ3) is 4.67. The zero-order valence-corrected chi connectivity index (χ0v) is 20.9. The first kappa shape index (κ1) is 23.9. The summed E-state index contributed by atoms with van der Waals surface area (Å²) >= 11 is 12.3. The van der Waals surface area contributed by atoms with E-state index in [0.29, 0.717) is 16.2 Å². The van der Waals surface area contributed by atoms with Crippen molar-refractivity contribution >= 4 is 51.5 Å². The second kappa shape index (κ2) is 9.91. The zero-order valence-electron chi connectivity index (χ0n) is 19.4. The number of hydrogen-bond donors (Lipinski definition) is 1.